The van der Waals surface area contributed by atoms with E-state index in [1.165, 1.54) is 18.2 Å². The fraction of sp³-hybridized carbons (Fsp3) is 0.0556. The first kappa shape index (κ1) is 19.6. The standard InChI is InChI=1S/C18H11Br2ClN2O4/c19-11-2-4-13-10(7-11)1-6-16(18(13)20)27-9-17(24)22-12-3-5-14(21)15(8-12)23(25)26/h1-8H,9H2,(H,22,24). The largest absolute Gasteiger partial charge is 0.483 e. The summed E-state index contributed by atoms with van der Waals surface area (Å²) in [5.41, 5.74) is -0.0130. The first-order chi connectivity index (χ1) is 12.8. The number of carbonyl (C=O) groups is 1. The molecular weight excluding hydrogens is 503 g/mol. The van der Waals surface area contributed by atoms with Gasteiger partial charge in [0.05, 0.1) is 9.40 Å². The van der Waals surface area contributed by atoms with Gasteiger partial charge in [-0.05, 0) is 57.0 Å². The van der Waals surface area contributed by atoms with Crippen LogP contribution in [0.5, 0.6) is 5.75 Å². The van der Waals surface area contributed by atoms with E-state index in [2.05, 4.69) is 37.2 Å². The minimum absolute atomic E-state index is 0.000907. The smallest absolute Gasteiger partial charge is 0.289 e. The Balaban J connectivity index is 1.70. The van der Waals surface area contributed by atoms with Gasteiger partial charge in [-0.25, -0.2) is 0 Å². The molecule has 0 atom stereocenters. The maximum absolute atomic E-state index is 12.1. The highest BCUT2D eigenvalue weighted by atomic mass is 79.9. The molecule has 0 fully saturated rings. The molecule has 3 rings (SSSR count). The molecule has 0 saturated heterocycles. The molecule has 0 aliphatic carbocycles. The van der Waals surface area contributed by atoms with Crippen LogP contribution < -0.4 is 10.1 Å². The van der Waals surface area contributed by atoms with Crippen molar-refractivity contribution in [3.8, 4) is 5.75 Å². The van der Waals surface area contributed by atoms with Gasteiger partial charge < -0.3 is 10.1 Å². The molecule has 0 spiro atoms. The molecule has 0 unspecified atom stereocenters. The Kier molecular flexibility index (Phi) is 5.98. The van der Waals surface area contributed by atoms with Crippen molar-refractivity contribution in [2.75, 3.05) is 11.9 Å². The van der Waals surface area contributed by atoms with Gasteiger partial charge in [0.25, 0.3) is 11.6 Å². The zero-order valence-electron chi connectivity index (χ0n) is 13.5. The van der Waals surface area contributed by atoms with Crippen LogP contribution >= 0.6 is 43.5 Å². The SMILES string of the molecule is O=C(COc1ccc2cc(Br)ccc2c1Br)Nc1ccc(Cl)c([N+](=O)[O-])c1. The number of hydrogen-bond donors (Lipinski definition) is 1. The molecule has 138 valence electrons. The Morgan fingerprint density at radius 2 is 1.93 bits per heavy atom. The second-order valence-corrected chi connectivity index (χ2v) is 7.62. The number of nitro groups is 1. The van der Waals surface area contributed by atoms with Crippen LogP contribution in [0, 0.1) is 10.1 Å². The molecule has 0 aromatic heterocycles. The minimum Gasteiger partial charge on any atom is -0.483 e. The summed E-state index contributed by atoms with van der Waals surface area (Å²) in [6, 6.07) is 13.5. The Morgan fingerprint density at radius 3 is 2.67 bits per heavy atom. The predicted molar refractivity (Wildman–Crippen MR) is 112 cm³/mol. The lowest BCUT2D eigenvalue weighted by molar-refractivity contribution is -0.384. The molecule has 1 N–H and O–H groups in total. The van der Waals surface area contributed by atoms with Crippen molar-refractivity contribution >= 4 is 71.5 Å². The van der Waals surface area contributed by atoms with E-state index in [1.54, 1.807) is 6.07 Å². The number of benzene rings is 3. The summed E-state index contributed by atoms with van der Waals surface area (Å²) in [4.78, 5) is 22.4. The van der Waals surface area contributed by atoms with Gasteiger partial charge in [0.2, 0.25) is 0 Å². The molecule has 0 radical (unpaired) electrons. The van der Waals surface area contributed by atoms with E-state index in [0.717, 1.165) is 19.7 Å². The number of fused-ring (bicyclic) bond motifs is 1. The van der Waals surface area contributed by atoms with Gasteiger partial charge in [-0.1, -0.05) is 39.7 Å². The molecule has 0 saturated carbocycles. The first-order valence-electron chi connectivity index (χ1n) is 7.59. The molecule has 0 aliphatic rings. The molecule has 0 heterocycles. The van der Waals surface area contributed by atoms with Crippen molar-refractivity contribution in [3.05, 3.63) is 72.6 Å². The number of rotatable bonds is 5. The van der Waals surface area contributed by atoms with Crippen LogP contribution in [0.15, 0.2) is 57.5 Å². The molecule has 3 aromatic rings. The fourth-order valence-corrected chi connectivity index (χ4v) is 3.60. The normalized spacial score (nSPS) is 10.6. The molecule has 6 nitrogen and oxygen atoms in total. The summed E-state index contributed by atoms with van der Waals surface area (Å²) in [6.07, 6.45) is 0. The number of anilines is 1. The zero-order valence-corrected chi connectivity index (χ0v) is 17.5. The van der Waals surface area contributed by atoms with Crippen LogP contribution in [0.1, 0.15) is 0 Å². The number of nitrogens with zero attached hydrogens (tertiary/aromatic N) is 1. The lowest BCUT2D eigenvalue weighted by Gasteiger charge is -2.11. The highest BCUT2D eigenvalue weighted by molar-refractivity contribution is 9.11. The maximum atomic E-state index is 12.1. The van der Waals surface area contributed by atoms with Crippen LogP contribution in [0.25, 0.3) is 10.8 Å². The van der Waals surface area contributed by atoms with Gasteiger partial charge in [-0.3, -0.25) is 14.9 Å². The van der Waals surface area contributed by atoms with Gasteiger partial charge >= 0.3 is 0 Å². The topological polar surface area (TPSA) is 81.5 Å². The number of hydrogen-bond acceptors (Lipinski definition) is 4. The molecule has 0 bridgehead atoms. The summed E-state index contributed by atoms with van der Waals surface area (Å²) < 4.78 is 7.28. The maximum Gasteiger partial charge on any atom is 0.289 e. The summed E-state index contributed by atoms with van der Waals surface area (Å²) in [6.45, 7) is -0.253. The van der Waals surface area contributed by atoms with Gasteiger partial charge in [-0.2, -0.15) is 0 Å². The van der Waals surface area contributed by atoms with Gasteiger partial charge in [0.1, 0.15) is 10.8 Å². The number of amides is 1. The van der Waals surface area contributed by atoms with Crippen molar-refractivity contribution < 1.29 is 14.5 Å². The molecule has 27 heavy (non-hydrogen) atoms. The third kappa shape index (κ3) is 4.58. The lowest BCUT2D eigenvalue weighted by atomic mass is 10.1. The molecular formula is C18H11Br2ClN2O4. The van der Waals surface area contributed by atoms with E-state index < -0.39 is 10.8 Å². The monoisotopic (exact) mass is 512 g/mol. The highest BCUT2D eigenvalue weighted by Crippen LogP contribution is 2.34. The summed E-state index contributed by atoms with van der Waals surface area (Å²) in [5, 5.41) is 15.4. The number of ether oxygens (including phenoxy) is 1. The van der Waals surface area contributed by atoms with Crippen LogP contribution in [-0.4, -0.2) is 17.4 Å². The zero-order chi connectivity index (χ0) is 19.6. The summed E-state index contributed by atoms with van der Waals surface area (Å²) in [5.74, 6) is 0.0662. The second kappa shape index (κ2) is 8.24. The highest BCUT2D eigenvalue weighted by Gasteiger charge is 2.14. The fourth-order valence-electron chi connectivity index (χ4n) is 2.42. The third-order valence-electron chi connectivity index (χ3n) is 3.67. The van der Waals surface area contributed by atoms with Crippen LogP contribution in [0.2, 0.25) is 5.02 Å². The minimum atomic E-state index is -0.612. The van der Waals surface area contributed by atoms with Crippen LogP contribution in [-0.2, 0) is 4.79 Å². The first-order valence-corrected chi connectivity index (χ1v) is 9.56. The van der Waals surface area contributed by atoms with E-state index in [4.69, 9.17) is 16.3 Å². The van der Waals surface area contributed by atoms with Crippen molar-refractivity contribution in [1.29, 1.82) is 0 Å². The Labute approximate surface area is 175 Å². The van der Waals surface area contributed by atoms with Crippen LogP contribution in [0.3, 0.4) is 0 Å². The summed E-state index contributed by atoms with van der Waals surface area (Å²) in [7, 11) is 0. The van der Waals surface area contributed by atoms with E-state index >= 15 is 0 Å². The number of halogens is 3. The second-order valence-electron chi connectivity index (χ2n) is 5.50. The van der Waals surface area contributed by atoms with Crippen molar-refractivity contribution in [2.24, 2.45) is 0 Å². The van der Waals surface area contributed by atoms with Gasteiger partial charge in [-0.15, -0.1) is 0 Å². The Bertz CT molecular complexity index is 1060. The van der Waals surface area contributed by atoms with E-state index in [0.29, 0.717) is 5.75 Å². The average Bonchev–Trinajstić information content (AvgIpc) is 2.62. The van der Waals surface area contributed by atoms with Crippen molar-refractivity contribution in [1.82, 2.24) is 0 Å². The molecule has 1 amide bonds. The Hall–Kier alpha value is -2.16. The summed E-state index contributed by atoms with van der Waals surface area (Å²) >= 11 is 12.7. The number of nitrogens with one attached hydrogen (secondary N) is 1. The molecule has 9 heteroatoms. The lowest BCUT2D eigenvalue weighted by Crippen LogP contribution is -2.20. The van der Waals surface area contributed by atoms with E-state index in [-0.39, 0.29) is 23.0 Å². The van der Waals surface area contributed by atoms with Gasteiger partial charge in [0, 0.05) is 16.2 Å². The number of nitro benzene ring substituents is 1. The third-order valence-corrected chi connectivity index (χ3v) is 5.30. The molecule has 3 aromatic carbocycles. The van der Waals surface area contributed by atoms with Crippen molar-refractivity contribution in [3.63, 3.8) is 0 Å². The quantitative estimate of drug-likeness (QED) is 0.337. The number of carbonyl (C=O) groups excluding carboxylic acids is 1. The molecule has 0 aliphatic heterocycles. The van der Waals surface area contributed by atoms with Gasteiger partial charge in [0.15, 0.2) is 6.61 Å². The van der Waals surface area contributed by atoms with E-state index in [1.807, 2.05) is 24.3 Å². The van der Waals surface area contributed by atoms with Crippen molar-refractivity contribution in [2.45, 2.75) is 0 Å². The predicted octanol–water partition coefficient (Wildman–Crippen LogP) is 5.94. The average molecular weight is 515 g/mol. The van der Waals surface area contributed by atoms with E-state index in [9.17, 15) is 14.9 Å². The van der Waals surface area contributed by atoms with Crippen LogP contribution in [0.4, 0.5) is 11.4 Å². The Morgan fingerprint density at radius 1 is 1.15 bits per heavy atom.